The molecule has 1 aromatic carbocycles. The van der Waals surface area contributed by atoms with Gasteiger partial charge in [0.15, 0.2) is 0 Å². The van der Waals surface area contributed by atoms with Gasteiger partial charge >= 0.3 is 0 Å². The first-order valence-corrected chi connectivity index (χ1v) is 9.97. The molecule has 0 unspecified atom stereocenters. The molecule has 0 radical (unpaired) electrons. The summed E-state index contributed by atoms with van der Waals surface area (Å²) in [6.45, 7) is 6.67. The molecule has 150 valence electrons. The molecule has 0 amide bonds. The molecule has 0 saturated carbocycles. The maximum absolute atomic E-state index is 13.5. The van der Waals surface area contributed by atoms with Gasteiger partial charge in [-0.05, 0) is 18.2 Å². The summed E-state index contributed by atoms with van der Waals surface area (Å²) in [5.74, 6) is 1.66. The Bertz CT molecular complexity index is 1000. The van der Waals surface area contributed by atoms with Crippen molar-refractivity contribution in [1.82, 2.24) is 15.0 Å². The van der Waals surface area contributed by atoms with Gasteiger partial charge in [-0.25, -0.2) is 14.4 Å². The predicted octanol–water partition coefficient (Wildman–Crippen LogP) is 2.33. The third-order valence-corrected chi connectivity index (χ3v) is 5.60. The van der Waals surface area contributed by atoms with Gasteiger partial charge in [-0.3, -0.25) is 4.98 Å². The number of hydrogen-bond donors (Lipinski definition) is 0. The summed E-state index contributed by atoms with van der Waals surface area (Å²) in [6, 6.07) is 8.89. The Balaban J connectivity index is 1.31. The van der Waals surface area contributed by atoms with Crippen LogP contribution in [0.1, 0.15) is 0 Å². The van der Waals surface area contributed by atoms with E-state index >= 15 is 0 Å². The van der Waals surface area contributed by atoms with Crippen LogP contribution in [0.5, 0.6) is 0 Å². The standard InChI is InChI=1S/C21H23FN6O/c22-16-1-2-17-18(13-16)23-4-3-19(17)26-5-7-27(8-6-26)20-14-21(25-15-24-20)28-9-11-29-12-10-28/h1-4,13-15H,5-12H2. The number of nitrogens with zero attached hydrogens (tertiary/aromatic N) is 6. The minimum atomic E-state index is -0.258. The Hall–Kier alpha value is -3.00. The highest BCUT2D eigenvalue weighted by molar-refractivity contribution is 5.91. The molecule has 0 N–H and O–H groups in total. The molecule has 2 saturated heterocycles. The second-order valence-corrected chi connectivity index (χ2v) is 7.30. The number of rotatable bonds is 3. The number of halogens is 1. The number of morpholine rings is 1. The number of hydrogen-bond acceptors (Lipinski definition) is 7. The van der Waals surface area contributed by atoms with Gasteiger partial charge < -0.3 is 19.4 Å². The largest absolute Gasteiger partial charge is 0.378 e. The minimum absolute atomic E-state index is 0.258. The fourth-order valence-corrected chi connectivity index (χ4v) is 4.03. The minimum Gasteiger partial charge on any atom is -0.378 e. The third-order valence-electron chi connectivity index (χ3n) is 5.60. The monoisotopic (exact) mass is 394 g/mol. The van der Waals surface area contributed by atoms with Crippen molar-refractivity contribution in [3.05, 3.63) is 48.7 Å². The van der Waals surface area contributed by atoms with E-state index in [0.717, 1.165) is 75.2 Å². The molecule has 4 heterocycles. The van der Waals surface area contributed by atoms with Crippen molar-refractivity contribution in [3.8, 4) is 0 Å². The Morgan fingerprint density at radius 1 is 0.759 bits per heavy atom. The van der Waals surface area contributed by atoms with Crippen LogP contribution in [0.15, 0.2) is 42.9 Å². The molecule has 0 atom stereocenters. The Morgan fingerprint density at radius 3 is 2.21 bits per heavy atom. The van der Waals surface area contributed by atoms with Crippen molar-refractivity contribution in [3.63, 3.8) is 0 Å². The molecule has 2 aliphatic heterocycles. The van der Waals surface area contributed by atoms with Gasteiger partial charge in [-0.15, -0.1) is 0 Å². The lowest BCUT2D eigenvalue weighted by Crippen LogP contribution is -2.47. The summed E-state index contributed by atoms with van der Waals surface area (Å²) in [5.41, 5.74) is 1.79. The second-order valence-electron chi connectivity index (χ2n) is 7.30. The molecule has 29 heavy (non-hydrogen) atoms. The van der Waals surface area contributed by atoms with Gasteiger partial charge in [-0.1, -0.05) is 0 Å². The number of aromatic nitrogens is 3. The van der Waals surface area contributed by atoms with E-state index in [1.165, 1.54) is 12.1 Å². The van der Waals surface area contributed by atoms with Crippen LogP contribution in [0, 0.1) is 5.82 Å². The van der Waals surface area contributed by atoms with Crippen molar-refractivity contribution < 1.29 is 9.13 Å². The van der Waals surface area contributed by atoms with Gasteiger partial charge in [0.05, 0.1) is 18.7 Å². The van der Waals surface area contributed by atoms with Gasteiger partial charge in [0.2, 0.25) is 0 Å². The quantitative estimate of drug-likeness (QED) is 0.676. The van der Waals surface area contributed by atoms with E-state index in [4.69, 9.17) is 4.74 Å². The molecule has 8 heteroatoms. The van der Waals surface area contributed by atoms with Crippen molar-refractivity contribution in [1.29, 1.82) is 0 Å². The van der Waals surface area contributed by atoms with Crippen molar-refractivity contribution in [2.45, 2.75) is 0 Å². The van der Waals surface area contributed by atoms with Gasteiger partial charge in [0.1, 0.15) is 23.8 Å². The maximum Gasteiger partial charge on any atom is 0.134 e. The molecule has 0 aliphatic carbocycles. The Kier molecular flexibility index (Phi) is 4.85. The number of fused-ring (bicyclic) bond motifs is 1. The molecule has 2 aromatic heterocycles. The lowest BCUT2D eigenvalue weighted by Gasteiger charge is -2.37. The fourth-order valence-electron chi connectivity index (χ4n) is 4.03. The van der Waals surface area contributed by atoms with E-state index in [2.05, 4.69) is 35.7 Å². The fraction of sp³-hybridized carbons (Fsp3) is 0.381. The third kappa shape index (κ3) is 3.67. The normalized spacial score (nSPS) is 17.8. The van der Waals surface area contributed by atoms with Gasteiger partial charge in [-0.2, -0.15) is 0 Å². The van der Waals surface area contributed by atoms with E-state index in [9.17, 15) is 4.39 Å². The van der Waals surface area contributed by atoms with E-state index in [1.54, 1.807) is 12.5 Å². The highest BCUT2D eigenvalue weighted by Gasteiger charge is 2.21. The van der Waals surface area contributed by atoms with Gasteiger partial charge in [0, 0.05) is 68.7 Å². The van der Waals surface area contributed by atoms with Crippen LogP contribution in [-0.4, -0.2) is 67.4 Å². The highest BCUT2D eigenvalue weighted by atomic mass is 19.1. The summed E-state index contributed by atoms with van der Waals surface area (Å²) in [4.78, 5) is 20.1. The lowest BCUT2D eigenvalue weighted by atomic mass is 10.1. The summed E-state index contributed by atoms with van der Waals surface area (Å²) in [6.07, 6.45) is 3.40. The van der Waals surface area contributed by atoms with E-state index < -0.39 is 0 Å². The van der Waals surface area contributed by atoms with Crippen LogP contribution in [0.3, 0.4) is 0 Å². The van der Waals surface area contributed by atoms with Crippen molar-refractivity contribution in [2.24, 2.45) is 0 Å². The first-order chi connectivity index (χ1) is 14.3. The van der Waals surface area contributed by atoms with Gasteiger partial charge in [0.25, 0.3) is 0 Å². The van der Waals surface area contributed by atoms with Crippen LogP contribution in [0.25, 0.3) is 10.9 Å². The molecular formula is C21H23FN6O. The topological polar surface area (TPSA) is 57.6 Å². The number of benzene rings is 1. The number of ether oxygens (including phenoxy) is 1. The summed E-state index contributed by atoms with van der Waals surface area (Å²) in [5, 5.41) is 0.985. The number of anilines is 3. The Morgan fingerprint density at radius 2 is 1.45 bits per heavy atom. The summed E-state index contributed by atoms with van der Waals surface area (Å²) >= 11 is 0. The van der Waals surface area contributed by atoms with Crippen molar-refractivity contribution >= 4 is 28.2 Å². The highest BCUT2D eigenvalue weighted by Crippen LogP contribution is 2.28. The zero-order valence-corrected chi connectivity index (χ0v) is 16.2. The molecule has 5 rings (SSSR count). The zero-order chi connectivity index (χ0) is 19.6. The van der Waals surface area contributed by atoms with Crippen LogP contribution in [0.2, 0.25) is 0 Å². The lowest BCUT2D eigenvalue weighted by molar-refractivity contribution is 0.122. The van der Waals surface area contributed by atoms with Crippen LogP contribution in [0.4, 0.5) is 21.7 Å². The van der Waals surface area contributed by atoms with E-state index in [0.29, 0.717) is 5.52 Å². The summed E-state index contributed by atoms with van der Waals surface area (Å²) in [7, 11) is 0. The number of pyridine rings is 1. The average molecular weight is 394 g/mol. The van der Waals surface area contributed by atoms with Crippen LogP contribution >= 0.6 is 0 Å². The predicted molar refractivity (Wildman–Crippen MR) is 111 cm³/mol. The SMILES string of the molecule is Fc1ccc2c(N3CCN(c4cc(N5CCOCC5)ncn4)CC3)ccnc2c1. The van der Waals surface area contributed by atoms with Crippen LogP contribution < -0.4 is 14.7 Å². The second kappa shape index (κ2) is 7.79. The molecule has 2 fully saturated rings. The molecule has 0 spiro atoms. The summed E-state index contributed by atoms with van der Waals surface area (Å²) < 4.78 is 19.0. The first kappa shape index (κ1) is 18.1. The first-order valence-electron chi connectivity index (χ1n) is 9.97. The van der Waals surface area contributed by atoms with E-state index in [-0.39, 0.29) is 5.82 Å². The molecule has 7 nitrogen and oxygen atoms in total. The molecule has 0 bridgehead atoms. The molecular weight excluding hydrogens is 371 g/mol. The number of piperazine rings is 1. The average Bonchev–Trinajstić information content (AvgIpc) is 2.79. The zero-order valence-electron chi connectivity index (χ0n) is 16.2. The smallest absolute Gasteiger partial charge is 0.134 e. The van der Waals surface area contributed by atoms with E-state index in [1.807, 2.05) is 12.1 Å². The Labute approximate surface area is 168 Å². The van der Waals surface area contributed by atoms with Crippen molar-refractivity contribution in [2.75, 3.05) is 67.2 Å². The van der Waals surface area contributed by atoms with Crippen LogP contribution in [-0.2, 0) is 4.74 Å². The molecule has 3 aromatic rings. The molecule has 2 aliphatic rings. The maximum atomic E-state index is 13.5.